The number of pyridine rings is 1. The van der Waals surface area contributed by atoms with Gasteiger partial charge in [-0.3, -0.25) is 9.78 Å². The number of ketones is 1. The monoisotopic (exact) mass is 520 g/mol. The molecule has 0 unspecified atom stereocenters. The number of nitrogens with zero attached hydrogens (tertiary/aromatic N) is 3. The molecule has 0 radical (unpaired) electrons. The van der Waals surface area contributed by atoms with Crippen LogP contribution in [0.2, 0.25) is 5.02 Å². The Hall–Kier alpha value is -3.27. The summed E-state index contributed by atoms with van der Waals surface area (Å²) in [6.07, 6.45) is -0.0542. The predicted octanol–water partition coefficient (Wildman–Crippen LogP) is 5.57. The molecule has 0 saturated heterocycles. The topological polar surface area (TPSA) is 97.8 Å². The maximum absolute atomic E-state index is 13.2. The number of aryl methyl sites for hydroxylation is 1. The predicted molar refractivity (Wildman–Crippen MR) is 128 cm³/mol. The first-order valence-corrected chi connectivity index (χ1v) is 11.8. The first-order valence-electron chi connectivity index (χ1n) is 11.4. The van der Waals surface area contributed by atoms with E-state index in [1.165, 1.54) is 6.20 Å². The molecule has 36 heavy (non-hydrogen) atoms. The van der Waals surface area contributed by atoms with E-state index < -0.39 is 23.1 Å². The molecule has 0 spiro atoms. The molecule has 2 aromatic heterocycles. The third-order valence-electron chi connectivity index (χ3n) is 6.32. The molecular weight excluding hydrogens is 497 g/mol. The Labute approximate surface area is 210 Å². The van der Waals surface area contributed by atoms with E-state index in [1.807, 2.05) is 0 Å². The van der Waals surface area contributed by atoms with Crippen molar-refractivity contribution in [2.45, 2.75) is 58.2 Å². The van der Waals surface area contributed by atoms with Crippen molar-refractivity contribution in [1.29, 1.82) is 0 Å². The number of ether oxygens (including phenoxy) is 1. The van der Waals surface area contributed by atoms with Crippen molar-refractivity contribution < 1.29 is 22.7 Å². The van der Waals surface area contributed by atoms with Gasteiger partial charge in [-0.25, -0.2) is 14.8 Å². The molecule has 1 saturated carbocycles. The molecule has 0 amide bonds. The van der Waals surface area contributed by atoms with Gasteiger partial charge in [0.25, 0.3) is 0 Å². The summed E-state index contributed by atoms with van der Waals surface area (Å²) in [6, 6.07) is 8.13. The highest BCUT2D eigenvalue weighted by atomic mass is 35.5. The standard InChI is InChI=1S/C25H24ClF3N4O3/c1-24(2,25(27,28)29)19(34)10-7-14-6-9-18(26)17(12-14)22-31-21(32-23(35)33-22)15-8-11-20(30-13-15)36-16-4-3-5-16/h6,8-9,11-13,16H,3-5,7,10H2,1-2H3,(H,31,32,33,35). The number of hydrogen-bond donors (Lipinski definition) is 1. The number of nitrogens with one attached hydrogen (secondary N) is 1. The van der Waals surface area contributed by atoms with Gasteiger partial charge in [-0.1, -0.05) is 17.7 Å². The van der Waals surface area contributed by atoms with Crippen molar-refractivity contribution >= 4 is 17.4 Å². The highest BCUT2D eigenvalue weighted by molar-refractivity contribution is 6.33. The van der Waals surface area contributed by atoms with Crippen LogP contribution in [0.15, 0.2) is 41.3 Å². The molecule has 1 aromatic carbocycles. The molecule has 1 fully saturated rings. The Kier molecular flexibility index (Phi) is 7.17. The molecule has 0 atom stereocenters. The van der Waals surface area contributed by atoms with Gasteiger partial charge in [0.05, 0.1) is 5.02 Å². The first kappa shape index (κ1) is 25.8. The maximum atomic E-state index is 13.2. The van der Waals surface area contributed by atoms with Crippen LogP contribution < -0.4 is 10.4 Å². The first-order chi connectivity index (χ1) is 16.9. The fourth-order valence-electron chi connectivity index (χ4n) is 3.52. The van der Waals surface area contributed by atoms with Crippen LogP contribution in [-0.4, -0.2) is 38.0 Å². The number of H-pyrrole nitrogens is 1. The number of benzene rings is 1. The third kappa shape index (κ3) is 5.59. The smallest absolute Gasteiger partial charge is 0.400 e. The summed E-state index contributed by atoms with van der Waals surface area (Å²) in [4.78, 5) is 39.6. The van der Waals surface area contributed by atoms with E-state index in [0.717, 1.165) is 33.1 Å². The number of rotatable bonds is 8. The summed E-state index contributed by atoms with van der Waals surface area (Å²) in [5.41, 5.74) is -1.68. The summed E-state index contributed by atoms with van der Waals surface area (Å²) in [5, 5.41) is 0.267. The average Bonchev–Trinajstić information content (AvgIpc) is 2.80. The fourth-order valence-corrected chi connectivity index (χ4v) is 3.73. The highest BCUT2D eigenvalue weighted by Crippen LogP contribution is 2.39. The molecule has 2 heterocycles. The second-order valence-electron chi connectivity index (χ2n) is 9.24. The van der Waals surface area contributed by atoms with Crippen molar-refractivity contribution in [3.8, 4) is 28.7 Å². The van der Waals surface area contributed by atoms with Crippen molar-refractivity contribution in [1.82, 2.24) is 19.9 Å². The number of carbonyl (C=O) groups is 1. The lowest BCUT2D eigenvalue weighted by Gasteiger charge is -2.26. The summed E-state index contributed by atoms with van der Waals surface area (Å²) in [6.45, 7) is 1.74. The highest BCUT2D eigenvalue weighted by Gasteiger charge is 2.51. The molecule has 11 heteroatoms. The van der Waals surface area contributed by atoms with Crippen LogP contribution in [0.25, 0.3) is 22.8 Å². The van der Waals surface area contributed by atoms with Crippen LogP contribution in [0, 0.1) is 5.41 Å². The molecule has 1 aliphatic carbocycles. The number of alkyl halides is 3. The van der Waals surface area contributed by atoms with Crippen LogP contribution >= 0.6 is 11.6 Å². The second-order valence-corrected chi connectivity index (χ2v) is 9.65. The number of hydrogen-bond acceptors (Lipinski definition) is 6. The Bertz CT molecular complexity index is 1320. The van der Waals surface area contributed by atoms with Gasteiger partial charge in [-0.05, 0) is 63.3 Å². The van der Waals surface area contributed by atoms with Gasteiger partial charge in [-0.15, -0.1) is 0 Å². The van der Waals surface area contributed by atoms with Crippen LogP contribution in [0.4, 0.5) is 13.2 Å². The van der Waals surface area contributed by atoms with Gasteiger partial charge in [-0.2, -0.15) is 18.2 Å². The van der Waals surface area contributed by atoms with Gasteiger partial charge < -0.3 is 4.74 Å². The summed E-state index contributed by atoms with van der Waals surface area (Å²) in [7, 11) is 0. The molecule has 7 nitrogen and oxygen atoms in total. The molecule has 3 aromatic rings. The van der Waals surface area contributed by atoms with Crippen LogP contribution in [0.1, 0.15) is 45.1 Å². The van der Waals surface area contributed by atoms with Gasteiger partial charge in [0.1, 0.15) is 23.1 Å². The SMILES string of the molecule is CC(C)(C(=O)CCc1ccc(Cl)c(-c2nc(-c3ccc(OC4CCC4)nc3)nc(=O)[nH]2)c1)C(F)(F)F. The van der Waals surface area contributed by atoms with Crippen LogP contribution in [-0.2, 0) is 11.2 Å². The Morgan fingerprint density at radius 3 is 2.53 bits per heavy atom. The number of Topliss-reactive ketones (excluding diaryl/α,β-unsaturated/α-hetero) is 1. The second kappa shape index (κ2) is 10.0. The van der Waals surface area contributed by atoms with E-state index in [9.17, 15) is 22.8 Å². The van der Waals surface area contributed by atoms with E-state index in [4.69, 9.17) is 16.3 Å². The number of halogens is 4. The molecular formula is C25H24ClF3N4O3. The van der Waals surface area contributed by atoms with Crippen LogP contribution in [0.5, 0.6) is 5.88 Å². The van der Waals surface area contributed by atoms with Gasteiger partial charge in [0, 0.05) is 29.8 Å². The largest absolute Gasteiger partial charge is 0.474 e. The van der Waals surface area contributed by atoms with E-state index in [2.05, 4.69) is 19.9 Å². The molecule has 1 N–H and O–H groups in total. The summed E-state index contributed by atoms with van der Waals surface area (Å²) >= 11 is 6.34. The molecule has 0 bridgehead atoms. The molecule has 190 valence electrons. The molecule has 1 aliphatic rings. The minimum Gasteiger partial charge on any atom is -0.474 e. The van der Waals surface area contributed by atoms with Crippen molar-refractivity contribution in [3.05, 3.63) is 57.6 Å². The van der Waals surface area contributed by atoms with Gasteiger partial charge in [0.15, 0.2) is 5.82 Å². The zero-order valence-electron chi connectivity index (χ0n) is 19.7. The van der Waals surface area contributed by atoms with Gasteiger partial charge >= 0.3 is 11.9 Å². The lowest BCUT2D eigenvalue weighted by Crippen LogP contribution is -2.39. The zero-order chi connectivity index (χ0) is 26.1. The van der Waals surface area contributed by atoms with Crippen molar-refractivity contribution in [3.63, 3.8) is 0 Å². The van der Waals surface area contributed by atoms with Crippen molar-refractivity contribution in [2.75, 3.05) is 0 Å². The normalized spacial score (nSPS) is 14.4. The number of carbonyl (C=O) groups excluding carboxylic acids is 1. The Morgan fingerprint density at radius 1 is 1.17 bits per heavy atom. The van der Waals surface area contributed by atoms with E-state index in [1.54, 1.807) is 30.3 Å². The van der Waals surface area contributed by atoms with Crippen molar-refractivity contribution in [2.24, 2.45) is 5.41 Å². The third-order valence-corrected chi connectivity index (χ3v) is 6.65. The average molecular weight is 521 g/mol. The summed E-state index contributed by atoms with van der Waals surface area (Å²) < 4.78 is 45.2. The molecule has 4 rings (SSSR count). The minimum atomic E-state index is -4.64. The van der Waals surface area contributed by atoms with E-state index in [0.29, 0.717) is 22.6 Å². The quantitative estimate of drug-likeness (QED) is 0.417. The van der Waals surface area contributed by atoms with E-state index in [-0.39, 0.29) is 35.6 Å². The van der Waals surface area contributed by atoms with Crippen LogP contribution in [0.3, 0.4) is 0 Å². The van der Waals surface area contributed by atoms with E-state index >= 15 is 0 Å². The Morgan fingerprint density at radius 2 is 1.92 bits per heavy atom. The number of aromatic amines is 1. The number of aromatic nitrogens is 4. The lowest BCUT2D eigenvalue weighted by atomic mass is 9.84. The maximum Gasteiger partial charge on any atom is 0.400 e. The van der Waals surface area contributed by atoms with Gasteiger partial charge in [0.2, 0.25) is 5.88 Å². The minimum absolute atomic E-state index is 0.0665. The lowest BCUT2D eigenvalue weighted by molar-refractivity contribution is -0.210. The fraction of sp³-hybridized carbons (Fsp3) is 0.400. The molecule has 0 aliphatic heterocycles. The summed E-state index contributed by atoms with van der Waals surface area (Å²) in [5.74, 6) is -0.178. The zero-order valence-corrected chi connectivity index (χ0v) is 20.4. The Balaban J connectivity index is 1.55.